The van der Waals surface area contributed by atoms with Crippen LogP contribution < -0.4 is 5.32 Å². The van der Waals surface area contributed by atoms with Gasteiger partial charge in [-0.2, -0.15) is 0 Å². The summed E-state index contributed by atoms with van der Waals surface area (Å²) >= 11 is 6.29. The number of carbonyl (C=O) groups excluding carboxylic acids is 1. The summed E-state index contributed by atoms with van der Waals surface area (Å²) in [5.41, 5.74) is 2.80. The van der Waals surface area contributed by atoms with Crippen molar-refractivity contribution in [3.8, 4) is 5.69 Å². The van der Waals surface area contributed by atoms with Crippen LogP contribution in [0.2, 0.25) is 5.02 Å². The Balaban J connectivity index is 1.24. The number of fused-ring (bicyclic) bond motifs is 4. The number of hydrogen-bond acceptors (Lipinski definition) is 4. The second-order valence-corrected chi connectivity index (χ2v) is 9.42. The van der Waals surface area contributed by atoms with E-state index in [4.69, 9.17) is 20.8 Å². The maximum absolute atomic E-state index is 12.8. The number of aromatic nitrogens is 1. The molecule has 1 N–H and O–H groups in total. The van der Waals surface area contributed by atoms with Crippen LogP contribution in [0.15, 0.2) is 53.1 Å². The van der Waals surface area contributed by atoms with Crippen LogP contribution in [0.1, 0.15) is 41.3 Å². The molecule has 3 aliphatic heterocycles. The van der Waals surface area contributed by atoms with Gasteiger partial charge in [-0.05, 0) is 62.2 Å². The van der Waals surface area contributed by atoms with Crippen LogP contribution in [0.25, 0.3) is 5.69 Å². The van der Waals surface area contributed by atoms with Gasteiger partial charge in [-0.25, -0.2) is 0 Å². The number of hydrogen-bond donors (Lipinski definition) is 1. The summed E-state index contributed by atoms with van der Waals surface area (Å²) in [7, 11) is 0. The van der Waals surface area contributed by atoms with E-state index in [1.54, 1.807) is 6.07 Å². The van der Waals surface area contributed by atoms with Crippen molar-refractivity contribution in [3.63, 3.8) is 0 Å². The molecule has 2 spiro atoms. The summed E-state index contributed by atoms with van der Waals surface area (Å²) in [6, 6.07) is 13.8. The molecule has 7 heteroatoms. The molecule has 6 nitrogen and oxygen atoms in total. The lowest BCUT2D eigenvalue weighted by atomic mass is 9.79. The molecule has 0 unspecified atom stereocenters. The van der Waals surface area contributed by atoms with Crippen LogP contribution in [-0.2, 0) is 10.3 Å². The lowest BCUT2D eigenvalue weighted by molar-refractivity contribution is -0.0396. The third kappa shape index (κ3) is 2.92. The van der Waals surface area contributed by atoms with E-state index in [0.29, 0.717) is 30.5 Å². The number of aryl methyl sites for hydroxylation is 1. The first-order valence-electron chi connectivity index (χ1n) is 10.7. The molecule has 1 amide bonds. The molecule has 0 saturated carbocycles. The number of ether oxygens (including phenoxy) is 1. The Morgan fingerprint density at radius 3 is 2.77 bits per heavy atom. The fourth-order valence-electron chi connectivity index (χ4n) is 5.44. The third-order valence-electron chi connectivity index (χ3n) is 6.99. The zero-order valence-electron chi connectivity index (χ0n) is 17.4. The van der Waals surface area contributed by atoms with E-state index in [1.807, 2.05) is 36.1 Å². The number of carbonyl (C=O) groups is 1. The molecule has 6 rings (SSSR count). The van der Waals surface area contributed by atoms with Gasteiger partial charge in [0.05, 0.1) is 29.3 Å². The van der Waals surface area contributed by atoms with Crippen LogP contribution in [-0.4, -0.2) is 40.7 Å². The van der Waals surface area contributed by atoms with Gasteiger partial charge in [-0.1, -0.05) is 11.6 Å². The molecule has 0 bridgehead atoms. The zero-order valence-corrected chi connectivity index (χ0v) is 18.1. The first-order chi connectivity index (χ1) is 15.0. The van der Waals surface area contributed by atoms with Crippen molar-refractivity contribution in [2.45, 2.75) is 37.3 Å². The van der Waals surface area contributed by atoms with Gasteiger partial charge < -0.3 is 23.9 Å². The molecule has 3 aromatic rings. The van der Waals surface area contributed by atoms with Crippen molar-refractivity contribution in [3.05, 3.63) is 70.9 Å². The van der Waals surface area contributed by atoms with Crippen LogP contribution in [0.3, 0.4) is 0 Å². The topological polar surface area (TPSA) is 59.6 Å². The van der Waals surface area contributed by atoms with Crippen molar-refractivity contribution >= 4 is 23.2 Å². The molecule has 5 heterocycles. The summed E-state index contributed by atoms with van der Waals surface area (Å²) < 4.78 is 14.3. The molecule has 1 aromatic carbocycles. The van der Waals surface area contributed by atoms with Crippen molar-refractivity contribution in [1.29, 1.82) is 0 Å². The second kappa shape index (κ2) is 6.65. The maximum atomic E-state index is 12.8. The summed E-state index contributed by atoms with van der Waals surface area (Å²) in [5.74, 6) is 1.13. The van der Waals surface area contributed by atoms with Gasteiger partial charge in [-0.3, -0.25) is 4.79 Å². The Labute approximate surface area is 185 Å². The molecular formula is C24H24ClN3O3. The smallest absolute Gasteiger partial charge is 0.289 e. The maximum Gasteiger partial charge on any atom is 0.289 e. The van der Waals surface area contributed by atoms with Gasteiger partial charge in [-0.15, -0.1) is 0 Å². The third-order valence-corrected chi connectivity index (χ3v) is 7.23. The van der Waals surface area contributed by atoms with E-state index in [2.05, 4.69) is 28.2 Å². The Morgan fingerprint density at radius 2 is 2.00 bits per heavy atom. The summed E-state index contributed by atoms with van der Waals surface area (Å²) in [5, 5.41) is 4.48. The number of rotatable bonds is 1. The number of furan rings is 1. The number of halogens is 1. The Bertz CT molecular complexity index is 1170. The summed E-state index contributed by atoms with van der Waals surface area (Å²) in [6.07, 6.45) is 4.58. The van der Waals surface area contributed by atoms with Gasteiger partial charge in [0.15, 0.2) is 5.76 Å². The Hall–Kier alpha value is -2.70. The van der Waals surface area contributed by atoms with Crippen LogP contribution in [0, 0.1) is 6.92 Å². The molecule has 0 aliphatic carbocycles. The fraction of sp³-hybridized carbons (Fsp3) is 0.375. The number of benzene rings is 1. The minimum absolute atomic E-state index is 0.0381. The minimum atomic E-state index is -0.300. The Morgan fingerprint density at radius 1 is 1.16 bits per heavy atom. The van der Waals surface area contributed by atoms with Gasteiger partial charge in [0.1, 0.15) is 11.3 Å². The van der Waals surface area contributed by atoms with E-state index < -0.39 is 0 Å². The number of anilines is 1. The van der Waals surface area contributed by atoms with E-state index in [9.17, 15) is 4.79 Å². The summed E-state index contributed by atoms with van der Waals surface area (Å²) in [4.78, 5) is 14.7. The molecule has 2 saturated heterocycles. The second-order valence-electron chi connectivity index (χ2n) is 8.98. The molecule has 2 aromatic heterocycles. The van der Waals surface area contributed by atoms with E-state index in [-0.39, 0.29) is 17.0 Å². The average Bonchev–Trinajstić information content (AvgIpc) is 3.49. The molecular weight excluding hydrogens is 414 g/mol. The number of amides is 1. The van der Waals surface area contributed by atoms with Gasteiger partial charge in [0.25, 0.3) is 5.91 Å². The SMILES string of the molecule is Cc1ccc(C(=O)N2CCC3(CC2)C[C@@]2(CO3)Nc3cc(Cl)ccc3-n3cccc32)o1. The molecule has 1 atom stereocenters. The highest BCUT2D eigenvalue weighted by atomic mass is 35.5. The normalized spacial score (nSPS) is 23.6. The van der Waals surface area contributed by atoms with E-state index in [0.717, 1.165) is 36.4 Å². The number of nitrogens with one attached hydrogen (secondary N) is 1. The van der Waals surface area contributed by atoms with Gasteiger partial charge in [0, 0.05) is 30.7 Å². The first-order valence-corrected chi connectivity index (χ1v) is 11.1. The van der Waals surface area contributed by atoms with E-state index in [1.165, 1.54) is 5.69 Å². The molecule has 3 aliphatic rings. The van der Waals surface area contributed by atoms with Crippen LogP contribution >= 0.6 is 11.6 Å². The largest absolute Gasteiger partial charge is 0.456 e. The van der Waals surface area contributed by atoms with Gasteiger partial charge >= 0.3 is 0 Å². The standard InChI is InChI=1S/C24H24ClN3O3/c1-16-4-7-20(31-16)22(29)27-11-8-23(9-12-27)14-24(15-30-23)21-3-2-10-28(21)19-6-5-17(25)13-18(19)26-24/h2-7,10,13,26H,8-9,11-12,14-15H2,1H3/t24-/m0/s1. The van der Waals surface area contributed by atoms with Crippen molar-refractivity contribution in [2.75, 3.05) is 25.0 Å². The predicted octanol–water partition coefficient (Wildman–Crippen LogP) is 4.75. The lowest BCUT2D eigenvalue weighted by Crippen LogP contribution is -2.48. The molecule has 2 fully saturated rings. The number of nitrogens with zero attached hydrogens (tertiary/aromatic N) is 2. The van der Waals surface area contributed by atoms with Crippen LogP contribution in [0.4, 0.5) is 5.69 Å². The van der Waals surface area contributed by atoms with E-state index >= 15 is 0 Å². The van der Waals surface area contributed by atoms with Crippen LogP contribution in [0.5, 0.6) is 0 Å². The first kappa shape index (κ1) is 19.0. The van der Waals surface area contributed by atoms with Crippen molar-refractivity contribution in [1.82, 2.24) is 9.47 Å². The fourth-order valence-corrected chi connectivity index (χ4v) is 5.61. The van der Waals surface area contributed by atoms with Crippen molar-refractivity contribution < 1.29 is 13.9 Å². The highest BCUT2D eigenvalue weighted by Gasteiger charge is 2.54. The minimum Gasteiger partial charge on any atom is -0.456 e. The quantitative estimate of drug-likeness (QED) is 0.597. The molecule has 0 radical (unpaired) electrons. The highest BCUT2D eigenvalue weighted by Crippen LogP contribution is 2.50. The number of piperidine rings is 1. The average molecular weight is 438 g/mol. The molecule has 160 valence electrons. The van der Waals surface area contributed by atoms with Crippen molar-refractivity contribution in [2.24, 2.45) is 0 Å². The Kier molecular flexibility index (Phi) is 4.08. The summed E-state index contributed by atoms with van der Waals surface area (Å²) in [6.45, 7) is 3.77. The van der Waals surface area contributed by atoms with Gasteiger partial charge in [0.2, 0.25) is 0 Å². The lowest BCUT2D eigenvalue weighted by Gasteiger charge is -2.41. The monoisotopic (exact) mass is 437 g/mol. The molecule has 31 heavy (non-hydrogen) atoms. The predicted molar refractivity (Wildman–Crippen MR) is 118 cm³/mol. The highest BCUT2D eigenvalue weighted by molar-refractivity contribution is 6.31. The zero-order chi connectivity index (χ0) is 21.2. The number of likely N-dealkylation sites (tertiary alicyclic amines) is 1.